The SMILES string of the molecule is CC(OC(I)(C(F)(F)F)C(F)(F)F)c1c(F)cccc1F. The van der Waals surface area contributed by atoms with Gasteiger partial charge in [-0.3, -0.25) is 0 Å². The van der Waals surface area contributed by atoms with Crippen molar-refractivity contribution in [3.05, 3.63) is 35.4 Å². The highest BCUT2D eigenvalue weighted by Gasteiger charge is 2.71. The molecule has 21 heavy (non-hydrogen) atoms. The zero-order chi connectivity index (χ0) is 16.6. The average molecular weight is 434 g/mol. The van der Waals surface area contributed by atoms with Gasteiger partial charge in [0.1, 0.15) is 11.6 Å². The van der Waals surface area contributed by atoms with Gasteiger partial charge in [-0.15, -0.1) is 0 Å². The molecule has 1 rings (SSSR count). The fourth-order valence-electron chi connectivity index (χ4n) is 1.50. The van der Waals surface area contributed by atoms with Crippen LogP contribution < -0.4 is 0 Å². The lowest BCUT2D eigenvalue weighted by Gasteiger charge is -2.34. The second kappa shape index (κ2) is 5.86. The summed E-state index contributed by atoms with van der Waals surface area (Å²) < 4.78 is 102. The molecular weight excluding hydrogens is 427 g/mol. The van der Waals surface area contributed by atoms with Crippen LogP contribution >= 0.6 is 22.6 Å². The summed E-state index contributed by atoms with van der Waals surface area (Å²) in [7, 11) is 0. The fraction of sp³-hybridized carbons (Fsp3) is 0.455. The van der Waals surface area contributed by atoms with Gasteiger partial charge in [0.05, 0.1) is 11.7 Å². The molecule has 1 aromatic carbocycles. The summed E-state index contributed by atoms with van der Waals surface area (Å²) in [5.74, 6) is -2.60. The number of alkyl halides is 7. The Hall–Kier alpha value is -0.650. The Morgan fingerprint density at radius 1 is 0.952 bits per heavy atom. The van der Waals surface area contributed by atoms with Crippen LogP contribution in [0.15, 0.2) is 18.2 Å². The first-order chi connectivity index (χ1) is 9.31. The first-order valence-electron chi connectivity index (χ1n) is 5.25. The van der Waals surface area contributed by atoms with Gasteiger partial charge in [0, 0.05) is 0 Å². The Labute approximate surface area is 127 Å². The molecule has 1 atom stereocenters. The maximum atomic E-state index is 13.4. The highest BCUT2D eigenvalue weighted by Crippen LogP contribution is 2.52. The van der Waals surface area contributed by atoms with E-state index in [1.807, 2.05) is 0 Å². The smallest absolute Gasteiger partial charge is 0.341 e. The number of hydrogen-bond donors (Lipinski definition) is 0. The van der Waals surface area contributed by atoms with Crippen LogP contribution in [0.2, 0.25) is 0 Å². The van der Waals surface area contributed by atoms with Crippen LogP contribution in [0.3, 0.4) is 0 Å². The molecule has 120 valence electrons. The van der Waals surface area contributed by atoms with Crippen LogP contribution in [0, 0.1) is 11.6 Å². The monoisotopic (exact) mass is 434 g/mol. The van der Waals surface area contributed by atoms with Gasteiger partial charge in [0.15, 0.2) is 0 Å². The minimum atomic E-state index is -5.82. The molecule has 0 amide bonds. The minimum Gasteiger partial charge on any atom is -0.341 e. The van der Waals surface area contributed by atoms with Gasteiger partial charge in [-0.1, -0.05) is 6.07 Å². The fourth-order valence-corrected chi connectivity index (χ4v) is 1.88. The molecule has 1 nitrogen and oxygen atoms in total. The van der Waals surface area contributed by atoms with E-state index >= 15 is 0 Å². The van der Waals surface area contributed by atoms with Crippen LogP contribution in [0.4, 0.5) is 35.1 Å². The Morgan fingerprint density at radius 3 is 1.67 bits per heavy atom. The molecule has 0 fully saturated rings. The molecule has 1 unspecified atom stereocenters. The van der Waals surface area contributed by atoms with Crippen molar-refractivity contribution in [1.29, 1.82) is 0 Å². The molecule has 0 aromatic heterocycles. The van der Waals surface area contributed by atoms with E-state index < -0.39 is 39.3 Å². The van der Waals surface area contributed by atoms with Crippen molar-refractivity contribution in [2.75, 3.05) is 0 Å². The van der Waals surface area contributed by atoms with Crippen molar-refractivity contribution >= 4 is 22.6 Å². The van der Waals surface area contributed by atoms with Crippen molar-refractivity contribution in [1.82, 2.24) is 0 Å². The third-order valence-corrected chi connectivity index (χ3v) is 3.95. The molecule has 0 heterocycles. The number of halogens is 9. The van der Waals surface area contributed by atoms with Crippen molar-refractivity contribution < 1.29 is 39.9 Å². The third-order valence-electron chi connectivity index (χ3n) is 2.47. The molecule has 0 radical (unpaired) electrons. The second-order valence-corrected chi connectivity index (χ2v) is 5.51. The summed E-state index contributed by atoms with van der Waals surface area (Å²) in [6, 6.07) is 2.33. The summed E-state index contributed by atoms with van der Waals surface area (Å²) in [4.78, 5) is 0. The van der Waals surface area contributed by atoms with Crippen molar-refractivity contribution in [2.45, 2.75) is 29.0 Å². The molecule has 0 saturated carbocycles. The Morgan fingerprint density at radius 2 is 1.33 bits per heavy atom. The predicted molar refractivity (Wildman–Crippen MR) is 64.7 cm³/mol. The number of rotatable bonds is 3. The van der Waals surface area contributed by atoms with Gasteiger partial charge in [-0.05, 0) is 41.6 Å². The van der Waals surface area contributed by atoms with Crippen molar-refractivity contribution in [3.8, 4) is 0 Å². The number of ether oxygens (including phenoxy) is 1. The van der Waals surface area contributed by atoms with Gasteiger partial charge in [0.2, 0.25) is 0 Å². The van der Waals surface area contributed by atoms with Crippen LogP contribution in [-0.2, 0) is 4.74 Å². The summed E-state index contributed by atoms with van der Waals surface area (Å²) in [6.07, 6.45) is -13.7. The molecule has 0 spiro atoms. The first kappa shape index (κ1) is 18.4. The quantitative estimate of drug-likeness (QED) is 0.357. The van der Waals surface area contributed by atoms with Crippen molar-refractivity contribution in [2.24, 2.45) is 0 Å². The van der Waals surface area contributed by atoms with E-state index in [4.69, 9.17) is 0 Å². The van der Waals surface area contributed by atoms with Crippen molar-refractivity contribution in [3.63, 3.8) is 0 Å². The molecule has 0 bridgehead atoms. The average Bonchev–Trinajstić information content (AvgIpc) is 2.25. The highest BCUT2D eigenvalue weighted by molar-refractivity contribution is 14.1. The summed E-state index contributed by atoms with van der Waals surface area (Å²) in [5, 5.41) is 0. The van der Waals surface area contributed by atoms with E-state index in [9.17, 15) is 35.1 Å². The van der Waals surface area contributed by atoms with E-state index in [1.165, 1.54) is 0 Å². The van der Waals surface area contributed by atoms with Gasteiger partial charge < -0.3 is 4.74 Å². The lowest BCUT2D eigenvalue weighted by Crippen LogP contribution is -2.54. The minimum absolute atomic E-state index is 0.0366. The molecular formula is C11H7F8IO. The Kier molecular flexibility index (Phi) is 5.13. The van der Waals surface area contributed by atoms with Crippen LogP contribution in [0.25, 0.3) is 0 Å². The lowest BCUT2D eigenvalue weighted by molar-refractivity contribution is -0.340. The third kappa shape index (κ3) is 3.58. The van der Waals surface area contributed by atoms with E-state index in [2.05, 4.69) is 4.74 Å². The van der Waals surface area contributed by atoms with E-state index in [0.717, 1.165) is 6.07 Å². The Balaban J connectivity index is 3.23. The maximum Gasteiger partial charge on any atom is 0.436 e. The summed E-state index contributed by atoms with van der Waals surface area (Å²) in [6.45, 7) is 0.701. The second-order valence-electron chi connectivity index (χ2n) is 3.99. The molecule has 10 heteroatoms. The standard InChI is InChI=1S/C11H7F8IO/c1-5(8-6(12)3-2-4-7(8)13)21-9(20,10(14,15)16)11(17,18)19/h2-5H,1H3. The predicted octanol–water partition coefficient (Wildman–Crippen LogP) is 5.30. The molecule has 1 aromatic rings. The van der Waals surface area contributed by atoms with Gasteiger partial charge in [0.25, 0.3) is 0 Å². The highest BCUT2D eigenvalue weighted by atomic mass is 127. The molecule has 0 saturated heterocycles. The number of benzene rings is 1. The molecule has 0 aliphatic heterocycles. The summed E-state index contributed by atoms with van der Waals surface area (Å²) in [5.41, 5.74) is -1.01. The van der Waals surface area contributed by atoms with E-state index in [1.54, 1.807) is 0 Å². The van der Waals surface area contributed by atoms with E-state index in [-0.39, 0.29) is 22.6 Å². The molecule has 0 N–H and O–H groups in total. The normalized spacial score (nSPS) is 15.1. The van der Waals surface area contributed by atoms with Crippen LogP contribution in [0.5, 0.6) is 0 Å². The number of hydrogen-bond acceptors (Lipinski definition) is 1. The molecule has 0 aliphatic carbocycles. The topological polar surface area (TPSA) is 9.23 Å². The zero-order valence-electron chi connectivity index (χ0n) is 10.1. The summed E-state index contributed by atoms with van der Waals surface area (Å²) >= 11 is 0.0366. The van der Waals surface area contributed by atoms with Gasteiger partial charge >= 0.3 is 16.0 Å². The first-order valence-corrected chi connectivity index (χ1v) is 6.33. The molecule has 0 aliphatic rings. The van der Waals surface area contributed by atoms with Gasteiger partial charge in [-0.25, -0.2) is 8.78 Å². The maximum absolute atomic E-state index is 13.4. The van der Waals surface area contributed by atoms with Crippen LogP contribution in [0.1, 0.15) is 18.6 Å². The Bertz CT molecular complexity index is 476. The zero-order valence-corrected chi connectivity index (χ0v) is 12.3. The van der Waals surface area contributed by atoms with Crippen LogP contribution in [-0.4, -0.2) is 16.0 Å². The largest absolute Gasteiger partial charge is 0.436 e. The van der Waals surface area contributed by atoms with E-state index in [0.29, 0.717) is 19.1 Å². The van der Waals surface area contributed by atoms with Gasteiger partial charge in [-0.2, -0.15) is 26.3 Å². The lowest BCUT2D eigenvalue weighted by atomic mass is 10.1.